The molecule has 1 aromatic rings. The number of carbonyl (C=O) groups is 1. The van der Waals surface area contributed by atoms with E-state index < -0.39 is 0 Å². The highest BCUT2D eigenvalue weighted by atomic mass is 16.5. The van der Waals surface area contributed by atoms with E-state index in [-0.39, 0.29) is 5.97 Å². The van der Waals surface area contributed by atoms with Crippen LogP contribution in [0, 0.1) is 0 Å². The largest absolute Gasteiger partial charge is 0.466 e. The minimum atomic E-state index is -0.163. The highest BCUT2D eigenvalue weighted by Crippen LogP contribution is 2.15. The van der Waals surface area contributed by atoms with Crippen LogP contribution in [0.15, 0.2) is 6.07 Å². The fraction of sp³-hybridized carbons (Fsp3) is 0.545. The van der Waals surface area contributed by atoms with Crippen molar-refractivity contribution in [3.8, 4) is 0 Å². The van der Waals surface area contributed by atoms with Gasteiger partial charge in [0.05, 0.1) is 13.0 Å². The number of aromatic amines is 1. The molecule has 0 fully saturated rings. The third-order valence-electron chi connectivity index (χ3n) is 2.55. The van der Waals surface area contributed by atoms with E-state index in [0.29, 0.717) is 13.0 Å². The van der Waals surface area contributed by atoms with Crippen LogP contribution in [0.5, 0.6) is 0 Å². The van der Waals surface area contributed by atoms with Crippen molar-refractivity contribution in [3.63, 3.8) is 0 Å². The van der Waals surface area contributed by atoms with E-state index >= 15 is 0 Å². The Kier molecular flexibility index (Phi) is 3.06. The summed E-state index contributed by atoms with van der Waals surface area (Å²) in [5, 5.41) is 3.30. The van der Waals surface area contributed by atoms with Crippen molar-refractivity contribution in [1.82, 2.24) is 10.3 Å². The molecule has 0 unspecified atom stereocenters. The Morgan fingerprint density at radius 1 is 1.60 bits per heavy atom. The molecule has 0 aromatic carbocycles. The molecule has 1 aliphatic rings. The first kappa shape index (κ1) is 10.2. The minimum absolute atomic E-state index is 0.163. The van der Waals surface area contributed by atoms with E-state index in [9.17, 15) is 4.79 Å². The first-order valence-corrected chi connectivity index (χ1v) is 5.35. The number of hydrogen-bond acceptors (Lipinski definition) is 3. The predicted octanol–water partition coefficient (Wildman–Crippen LogP) is 0.766. The molecule has 0 radical (unpaired) electrons. The Balaban J connectivity index is 2.03. The number of esters is 1. The molecule has 4 heteroatoms. The zero-order chi connectivity index (χ0) is 10.7. The quantitative estimate of drug-likeness (QED) is 0.721. The van der Waals surface area contributed by atoms with E-state index in [1.807, 2.05) is 6.92 Å². The number of ether oxygens (including phenoxy) is 1. The fourth-order valence-corrected chi connectivity index (χ4v) is 1.89. The van der Waals surface area contributed by atoms with Gasteiger partial charge in [0.25, 0.3) is 0 Å². The van der Waals surface area contributed by atoms with Gasteiger partial charge in [0.2, 0.25) is 0 Å². The van der Waals surface area contributed by atoms with Crippen molar-refractivity contribution in [2.45, 2.75) is 26.3 Å². The topological polar surface area (TPSA) is 54.1 Å². The summed E-state index contributed by atoms with van der Waals surface area (Å²) < 4.78 is 4.90. The van der Waals surface area contributed by atoms with Gasteiger partial charge in [-0.3, -0.25) is 4.79 Å². The summed E-state index contributed by atoms with van der Waals surface area (Å²) in [7, 11) is 0. The zero-order valence-electron chi connectivity index (χ0n) is 8.93. The average molecular weight is 208 g/mol. The minimum Gasteiger partial charge on any atom is -0.466 e. The lowest BCUT2D eigenvalue weighted by Gasteiger charge is -2.11. The molecule has 2 N–H and O–H groups in total. The lowest BCUT2D eigenvalue weighted by Crippen LogP contribution is -2.22. The van der Waals surface area contributed by atoms with Crippen molar-refractivity contribution in [2.24, 2.45) is 0 Å². The predicted molar refractivity (Wildman–Crippen MR) is 56.5 cm³/mol. The highest BCUT2D eigenvalue weighted by Gasteiger charge is 2.13. The molecule has 1 aliphatic heterocycles. The maximum atomic E-state index is 11.3. The molecule has 0 spiro atoms. The molecule has 0 aliphatic carbocycles. The molecule has 15 heavy (non-hydrogen) atoms. The lowest BCUT2D eigenvalue weighted by atomic mass is 10.1. The first-order chi connectivity index (χ1) is 7.29. The zero-order valence-corrected chi connectivity index (χ0v) is 8.93. The van der Waals surface area contributed by atoms with Crippen LogP contribution in [0.4, 0.5) is 0 Å². The highest BCUT2D eigenvalue weighted by molar-refractivity contribution is 5.72. The second-order valence-corrected chi connectivity index (χ2v) is 3.71. The van der Waals surface area contributed by atoms with Gasteiger partial charge in [-0.25, -0.2) is 0 Å². The third kappa shape index (κ3) is 2.39. The molecule has 1 aromatic heterocycles. The summed E-state index contributed by atoms with van der Waals surface area (Å²) >= 11 is 0. The first-order valence-electron chi connectivity index (χ1n) is 5.35. The number of aromatic nitrogens is 1. The van der Waals surface area contributed by atoms with Crippen molar-refractivity contribution in [3.05, 3.63) is 23.0 Å². The van der Waals surface area contributed by atoms with Gasteiger partial charge in [-0.1, -0.05) is 0 Å². The molecular weight excluding hydrogens is 192 g/mol. The lowest BCUT2D eigenvalue weighted by molar-refractivity contribution is -0.142. The van der Waals surface area contributed by atoms with Gasteiger partial charge in [0, 0.05) is 30.9 Å². The molecule has 0 amide bonds. The summed E-state index contributed by atoms with van der Waals surface area (Å²) in [6.45, 7) is 4.17. The van der Waals surface area contributed by atoms with Crippen LogP contribution in [0.3, 0.4) is 0 Å². The van der Waals surface area contributed by atoms with Crippen LogP contribution < -0.4 is 5.32 Å². The summed E-state index contributed by atoms with van der Waals surface area (Å²) in [4.78, 5) is 14.5. The standard InChI is InChI=1S/C11H16N2O2/c1-2-15-11(14)6-9-5-8-7-12-4-3-10(8)13-9/h5,12-13H,2-4,6-7H2,1H3. The average Bonchev–Trinajstić information content (AvgIpc) is 2.59. The van der Waals surface area contributed by atoms with Crippen molar-refractivity contribution in [1.29, 1.82) is 0 Å². The summed E-state index contributed by atoms with van der Waals surface area (Å²) in [6, 6.07) is 2.05. The second kappa shape index (κ2) is 4.49. The van der Waals surface area contributed by atoms with E-state index in [1.54, 1.807) is 0 Å². The summed E-state index contributed by atoms with van der Waals surface area (Å²) in [6.07, 6.45) is 1.36. The fourth-order valence-electron chi connectivity index (χ4n) is 1.89. The van der Waals surface area contributed by atoms with Crippen LogP contribution >= 0.6 is 0 Å². The second-order valence-electron chi connectivity index (χ2n) is 3.71. The molecule has 0 atom stereocenters. The maximum Gasteiger partial charge on any atom is 0.311 e. The van der Waals surface area contributed by atoms with Crippen LogP contribution in [-0.2, 0) is 28.9 Å². The van der Waals surface area contributed by atoms with E-state index in [2.05, 4.69) is 16.4 Å². The smallest absolute Gasteiger partial charge is 0.311 e. The molecule has 2 heterocycles. The Hall–Kier alpha value is -1.29. The third-order valence-corrected chi connectivity index (χ3v) is 2.55. The summed E-state index contributed by atoms with van der Waals surface area (Å²) in [5.74, 6) is -0.163. The SMILES string of the molecule is CCOC(=O)Cc1cc2c([nH]1)CCNC2. The van der Waals surface area contributed by atoms with Crippen LogP contribution in [0.1, 0.15) is 23.9 Å². The molecule has 82 valence electrons. The van der Waals surface area contributed by atoms with E-state index in [4.69, 9.17) is 4.74 Å². The number of rotatable bonds is 3. The van der Waals surface area contributed by atoms with Gasteiger partial charge in [0.1, 0.15) is 0 Å². The Bertz CT molecular complexity index is 334. The van der Waals surface area contributed by atoms with Gasteiger partial charge >= 0.3 is 5.97 Å². The number of hydrogen-bond donors (Lipinski definition) is 2. The van der Waals surface area contributed by atoms with Crippen LogP contribution in [-0.4, -0.2) is 24.1 Å². The molecule has 4 nitrogen and oxygen atoms in total. The van der Waals surface area contributed by atoms with Crippen molar-refractivity contribution in [2.75, 3.05) is 13.2 Å². The van der Waals surface area contributed by atoms with Gasteiger partial charge < -0.3 is 15.0 Å². The molecule has 0 saturated heterocycles. The van der Waals surface area contributed by atoms with Gasteiger partial charge in [-0.15, -0.1) is 0 Å². The number of fused-ring (bicyclic) bond motifs is 1. The normalized spacial score (nSPS) is 14.7. The summed E-state index contributed by atoms with van der Waals surface area (Å²) in [5.41, 5.74) is 3.50. The Morgan fingerprint density at radius 2 is 2.47 bits per heavy atom. The Labute approximate surface area is 89.0 Å². The van der Waals surface area contributed by atoms with Gasteiger partial charge in [0.15, 0.2) is 0 Å². The van der Waals surface area contributed by atoms with Gasteiger partial charge in [-0.2, -0.15) is 0 Å². The molecule has 0 saturated carbocycles. The molecule has 2 rings (SSSR count). The Morgan fingerprint density at radius 3 is 3.20 bits per heavy atom. The van der Waals surface area contributed by atoms with Crippen LogP contribution in [0.2, 0.25) is 0 Å². The van der Waals surface area contributed by atoms with E-state index in [1.165, 1.54) is 11.3 Å². The molecular formula is C11H16N2O2. The number of carbonyl (C=O) groups excluding carboxylic acids is 1. The van der Waals surface area contributed by atoms with Crippen LogP contribution in [0.25, 0.3) is 0 Å². The van der Waals surface area contributed by atoms with Crippen molar-refractivity contribution >= 4 is 5.97 Å². The number of nitrogens with one attached hydrogen (secondary N) is 2. The van der Waals surface area contributed by atoms with Gasteiger partial charge in [-0.05, 0) is 18.6 Å². The molecule has 0 bridgehead atoms. The monoisotopic (exact) mass is 208 g/mol. The van der Waals surface area contributed by atoms with Crippen molar-refractivity contribution < 1.29 is 9.53 Å². The maximum absolute atomic E-state index is 11.3. The van der Waals surface area contributed by atoms with E-state index in [0.717, 1.165) is 25.2 Å². The number of H-pyrrole nitrogens is 1.